The van der Waals surface area contributed by atoms with E-state index in [1.54, 1.807) is 18.2 Å². The van der Waals surface area contributed by atoms with Crippen molar-refractivity contribution in [3.63, 3.8) is 0 Å². The molecule has 2 rings (SSSR count). The van der Waals surface area contributed by atoms with Crippen LogP contribution in [0.5, 0.6) is 5.75 Å². The minimum absolute atomic E-state index is 0.0362. The Labute approximate surface area is 113 Å². The van der Waals surface area contributed by atoms with E-state index in [-0.39, 0.29) is 18.0 Å². The molecule has 3 heteroatoms. The molecule has 1 aliphatic rings. The van der Waals surface area contributed by atoms with Gasteiger partial charge in [0.15, 0.2) is 17.3 Å². The molecule has 0 heterocycles. The Balaban J connectivity index is 2.12. The summed E-state index contributed by atoms with van der Waals surface area (Å²) in [4.78, 5) is 12.2. The fourth-order valence-electron chi connectivity index (χ4n) is 2.41. The normalized spacial score (nSPS) is 15.6. The Hall–Kier alpha value is -1.64. The number of benzene rings is 1. The molecule has 1 aliphatic carbocycles. The lowest BCUT2D eigenvalue weighted by Gasteiger charge is -2.08. The summed E-state index contributed by atoms with van der Waals surface area (Å²) in [6.07, 6.45) is 7.29. The summed E-state index contributed by atoms with van der Waals surface area (Å²) in [5, 5.41) is 0. The summed E-state index contributed by atoms with van der Waals surface area (Å²) in [7, 11) is 1.43. The van der Waals surface area contributed by atoms with Gasteiger partial charge in [0.05, 0.1) is 7.11 Å². The molecule has 0 N–H and O–H groups in total. The van der Waals surface area contributed by atoms with Gasteiger partial charge in [0.25, 0.3) is 0 Å². The molecular formula is C16H19FO2. The lowest BCUT2D eigenvalue weighted by molar-refractivity contribution is -0.115. The number of ether oxygens (including phenoxy) is 1. The van der Waals surface area contributed by atoms with Gasteiger partial charge in [-0.05, 0) is 42.9 Å². The van der Waals surface area contributed by atoms with Crippen LogP contribution >= 0.6 is 0 Å². The molecule has 0 unspecified atom stereocenters. The zero-order valence-electron chi connectivity index (χ0n) is 11.2. The van der Waals surface area contributed by atoms with Gasteiger partial charge in [0, 0.05) is 6.42 Å². The van der Waals surface area contributed by atoms with Crippen LogP contribution in [0.1, 0.15) is 37.7 Å². The van der Waals surface area contributed by atoms with E-state index in [2.05, 4.69) is 0 Å². The topological polar surface area (TPSA) is 26.3 Å². The highest BCUT2D eigenvalue weighted by Crippen LogP contribution is 2.23. The number of carbonyl (C=O) groups is 1. The van der Waals surface area contributed by atoms with E-state index >= 15 is 0 Å². The number of methoxy groups -OCH3 is 1. The van der Waals surface area contributed by atoms with E-state index < -0.39 is 5.82 Å². The number of halogens is 1. The number of rotatable bonds is 4. The van der Waals surface area contributed by atoms with Crippen LogP contribution < -0.4 is 4.74 Å². The Bertz CT molecular complexity index is 492. The number of allylic oxidation sites excluding steroid dienone is 2. The smallest absolute Gasteiger partial charge is 0.168 e. The third-order valence-corrected chi connectivity index (χ3v) is 3.51. The lowest BCUT2D eigenvalue weighted by Crippen LogP contribution is -2.08. The first-order chi connectivity index (χ1) is 9.22. The van der Waals surface area contributed by atoms with E-state index in [1.165, 1.54) is 13.5 Å². The number of hydrogen-bond acceptors (Lipinski definition) is 2. The van der Waals surface area contributed by atoms with Crippen molar-refractivity contribution in [2.24, 2.45) is 0 Å². The standard InChI is InChI=1S/C16H19FO2/c1-19-15-10-6-9-13(16(15)17)11-14(18)12-7-4-2-3-5-8-12/h6-7,9-10H,2-5,8,11H2,1H3. The quantitative estimate of drug-likeness (QED) is 0.824. The molecule has 1 aromatic carbocycles. The molecule has 19 heavy (non-hydrogen) atoms. The molecule has 0 aromatic heterocycles. The molecule has 0 spiro atoms. The van der Waals surface area contributed by atoms with Crippen LogP contribution in [0.4, 0.5) is 4.39 Å². The SMILES string of the molecule is COc1cccc(CC(=O)C2=CCCCCC2)c1F. The van der Waals surface area contributed by atoms with Crippen molar-refractivity contribution in [1.29, 1.82) is 0 Å². The average molecular weight is 262 g/mol. The van der Waals surface area contributed by atoms with Gasteiger partial charge < -0.3 is 4.74 Å². The Morgan fingerprint density at radius 2 is 2.16 bits per heavy atom. The van der Waals surface area contributed by atoms with E-state index in [9.17, 15) is 9.18 Å². The van der Waals surface area contributed by atoms with E-state index in [1.807, 2.05) is 6.08 Å². The van der Waals surface area contributed by atoms with Crippen molar-refractivity contribution >= 4 is 5.78 Å². The van der Waals surface area contributed by atoms with Crippen molar-refractivity contribution in [3.8, 4) is 5.75 Å². The second kappa shape index (κ2) is 6.50. The zero-order chi connectivity index (χ0) is 13.7. The lowest BCUT2D eigenvalue weighted by atomic mass is 9.99. The minimum Gasteiger partial charge on any atom is -0.494 e. The molecule has 0 saturated heterocycles. The van der Waals surface area contributed by atoms with Crippen LogP contribution in [-0.4, -0.2) is 12.9 Å². The largest absolute Gasteiger partial charge is 0.494 e. The van der Waals surface area contributed by atoms with Crippen molar-refractivity contribution < 1.29 is 13.9 Å². The van der Waals surface area contributed by atoms with Gasteiger partial charge in [0.2, 0.25) is 0 Å². The third kappa shape index (κ3) is 3.43. The van der Waals surface area contributed by atoms with Gasteiger partial charge in [0.1, 0.15) is 0 Å². The van der Waals surface area contributed by atoms with Crippen molar-refractivity contribution in [1.82, 2.24) is 0 Å². The van der Waals surface area contributed by atoms with Gasteiger partial charge in [-0.3, -0.25) is 4.79 Å². The van der Waals surface area contributed by atoms with Crippen LogP contribution in [0.15, 0.2) is 29.8 Å². The number of ketones is 1. The molecular weight excluding hydrogens is 243 g/mol. The highest BCUT2D eigenvalue weighted by molar-refractivity contribution is 5.96. The molecule has 0 radical (unpaired) electrons. The molecule has 0 saturated carbocycles. The molecule has 0 amide bonds. The number of Topliss-reactive ketones (excluding diaryl/α,β-unsaturated/α-hetero) is 1. The Kier molecular flexibility index (Phi) is 4.72. The van der Waals surface area contributed by atoms with Crippen LogP contribution in [0.3, 0.4) is 0 Å². The van der Waals surface area contributed by atoms with E-state index in [4.69, 9.17) is 4.74 Å². The van der Waals surface area contributed by atoms with Crippen molar-refractivity contribution in [2.75, 3.05) is 7.11 Å². The summed E-state index contributed by atoms with van der Waals surface area (Å²) in [6, 6.07) is 4.92. The molecule has 0 bridgehead atoms. The first-order valence-corrected chi connectivity index (χ1v) is 6.76. The fourth-order valence-corrected chi connectivity index (χ4v) is 2.41. The van der Waals surface area contributed by atoms with Crippen molar-refractivity contribution in [3.05, 3.63) is 41.2 Å². The Morgan fingerprint density at radius 3 is 2.95 bits per heavy atom. The average Bonchev–Trinajstić information content (AvgIpc) is 2.70. The van der Waals surface area contributed by atoms with E-state index in [0.29, 0.717) is 5.56 Å². The summed E-state index contributed by atoms with van der Waals surface area (Å²) >= 11 is 0. The summed E-state index contributed by atoms with van der Waals surface area (Å²) in [5.74, 6) is -0.193. The maximum absolute atomic E-state index is 14.0. The number of hydrogen-bond donors (Lipinski definition) is 0. The summed E-state index contributed by atoms with van der Waals surface area (Å²) < 4.78 is 18.9. The third-order valence-electron chi connectivity index (χ3n) is 3.51. The van der Waals surface area contributed by atoms with Gasteiger partial charge >= 0.3 is 0 Å². The first kappa shape index (κ1) is 13.8. The zero-order valence-corrected chi connectivity index (χ0v) is 11.2. The summed E-state index contributed by atoms with van der Waals surface area (Å²) in [6.45, 7) is 0. The van der Waals surface area contributed by atoms with Crippen LogP contribution in [0, 0.1) is 5.82 Å². The maximum atomic E-state index is 14.0. The second-order valence-corrected chi connectivity index (χ2v) is 4.86. The van der Waals surface area contributed by atoms with Gasteiger partial charge in [-0.1, -0.05) is 24.6 Å². The first-order valence-electron chi connectivity index (χ1n) is 6.76. The molecule has 0 atom stereocenters. The maximum Gasteiger partial charge on any atom is 0.168 e. The predicted octanol–water partition coefficient (Wildman–Crippen LogP) is 3.84. The minimum atomic E-state index is -0.424. The highest BCUT2D eigenvalue weighted by Gasteiger charge is 2.16. The van der Waals surface area contributed by atoms with Crippen molar-refractivity contribution in [2.45, 2.75) is 38.5 Å². The Morgan fingerprint density at radius 1 is 1.32 bits per heavy atom. The fraction of sp³-hybridized carbons (Fsp3) is 0.438. The second-order valence-electron chi connectivity index (χ2n) is 4.86. The monoisotopic (exact) mass is 262 g/mol. The van der Waals surface area contributed by atoms with Crippen LogP contribution in [0.25, 0.3) is 0 Å². The molecule has 1 aromatic rings. The van der Waals surface area contributed by atoms with Crippen LogP contribution in [-0.2, 0) is 11.2 Å². The van der Waals surface area contributed by atoms with Gasteiger partial charge in [-0.25, -0.2) is 4.39 Å². The number of carbonyl (C=O) groups excluding carboxylic acids is 1. The van der Waals surface area contributed by atoms with Gasteiger partial charge in [-0.15, -0.1) is 0 Å². The van der Waals surface area contributed by atoms with Crippen LogP contribution in [0.2, 0.25) is 0 Å². The van der Waals surface area contributed by atoms with Gasteiger partial charge in [-0.2, -0.15) is 0 Å². The predicted molar refractivity (Wildman–Crippen MR) is 72.8 cm³/mol. The summed E-state index contributed by atoms with van der Waals surface area (Å²) in [5.41, 5.74) is 1.27. The highest BCUT2D eigenvalue weighted by atomic mass is 19.1. The molecule has 0 aliphatic heterocycles. The van der Waals surface area contributed by atoms with E-state index in [0.717, 1.165) is 31.3 Å². The molecule has 0 fully saturated rings. The molecule has 102 valence electrons. The molecule has 2 nitrogen and oxygen atoms in total.